The van der Waals surface area contributed by atoms with E-state index in [4.69, 9.17) is 19.4 Å². The van der Waals surface area contributed by atoms with Gasteiger partial charge in [-0.3, -0.25) is 4.79 Å². The Labute approximate surface area is 95.4 Å². The first-order valence-electron chi connectivity index (χ1n) is 4.04. The molecule has 1 amide bonds. The van der Waals surface area contributed by atoms with Gasteiger partial charge in [0.25, 0.3) is 0 Å². The molecule has 1 N–H and O–H groups in total. The molecule has 0 saturated carbocycles. The number of anilines is 1. The number of rotatable bonds is 2. The Hall–Kier alpha value is -1.24. The summed E-state index contributed by atoms with van der Waals surface area (Å²) in [6.07, 6.45) is -4.66. The molecular weight excluding hydrogens is 243 g/mol. The van der Waals surface area contributed by atoms with Crippen molar-refractivity contribution in [1.29, 1.82) is 0 Å². The van der Waals surface area contributed by atoms with Gasteiger partial charge in [-0.1, -0.05) is 11.5 Å². The van der Waals surface area contributed by atoms with Crippen LogP contribution in [0.5, 0.6) is 0 Å². The lowest BCUT2D eigenvalue weighted by molar-refractivity contribution is -0.140. The van der Waals surface area contributed by atoms with Gasteiger partial charge >= 0.3 is 6.18 Å². The van der Waals surface area contributed by atoms with Gasteiger partial charge in [-0.2, -0.15) is 13.2 Å². The highest BCUT2D eigenvalue weighted by atomic mass is 35.5. The summed E-state index contributed by atoms with van der Waals surface area (Å²) >= 11 is 5.18. The Bertz CT molecular complexity index is 411. The molecule has 16 heavy (non-hydrogen) atoms. The highest BCUT2D eigenvalue weighted by molar-refractivity contribution is 6.33. The molecule has 84 valence electrons. The lowest BCUT2D eigenvalue weighted by Gasteiger charge is -2.11. The van der Waals surface area contributed by atoms with E-state index in [1.807, 2.05) is 0 Å². The summed E-state index contributed by atoms with van der Waals surface area (Å²) in [5.41, 5.74) is -1.74. The number of aromatic nitrogens is 1. The van der Waals surface area contributed by atoms with Crippen molar-refractivity contribution in [2.24, 2.45) is 0 Å². The van der Waals surface area contributed by atoms with E-state index in [1.54, 1.807) is 0 Å². The van der Waals surface area contributed by atoms with Gasteiger partial charge in [0.2, 0.25) is 5.91 Å². The van der Waals surface area contributed by atoms with Crippen molar-refractivity contribution in [2.75, 3.05) is 11.2 Å². The van der Waals surface area contributed by atoms with Gasteiger partial charge in [-0.25, -0.2) is 4.98 Å². The highest BCUT2D eigenvalue weighted by Crippen LogP contribution is 2.26. The first-order valence-corrected chi connectivity index (χ1v) is 4.57. The van der Waals surface area contributed by atoms with Crippen molar-refractivity contribution in [3.63, 3.8) is 0 Å². The molecule has 1 aromatic rings. The normalized spacial score (nSPS) is 11.2. The average molecular weight is 248 g/mol. The fourth-order valence-corrected chi connectivity index (χ4v) is 1.01. The van der Waals surface area contributed by atoms with E-state index in [9.17, 15) is 18.0 Å². The summed E-state index contributed by atoms with van der Waals surface area (Å²) in [5.74, 6) is -1.26. The molecule has 1 heterocycles. The zero-order valence-electron chi connectivity index (χ0n) is 7.81. The number of halogens is 4. The number of carbonyl (C=O) groups excluding carboxylic acids is 1. The molecule has 0 bridgehead atoms. The van der Waals surface area contributed by atoms with Crippen LogP contribution in [0.25, 0.3) is 0 Å². The number of nitrogens with zero attached hydrogens (tertiary/aromatic N) is 1. The van der Waals surface area contributed by atoms with Crippen molar-refractivity contribution >= 4 is 36.6 Å². The van der Waals surface area contributed by atoms with E-state index in [0.29, 0.717) is 0 Å². The molecule has 0 aromatic carbocycles. The lowest BCUT2D eigenvalue weighted by Crippen LogP contribution is -2.24. The smallest absolute Gasteiger partial charge is 0.310 e. The number of amides is 1. The largest absolute Gasteiger partial charge is 0.432 e. The molecule has 1 rings (SSSR count). The number of nitrogens with one attached hydrogen (secondary N) is 1. The second-order valence-corrected chi connectivity index (χ2v) is 3.08. The van der Waals surface area contributed by atoms with E-state index in [0.717, 1.165) is 12.1 Å². The summed E-state index contributed by atoms with van der Waals surface area (Å²) in [6, 6.07) is 2.18. The monoisotopic (exact) mass is 248 g/mol. The topological polar surface area (TPSA) is 42.0 Å². The van der Waals surface area contributed by atoms with Crippen LogP contribution in [0.1, 0.15) is 5.69 Å². The Morgan fingerprint density at radius 1 is 1.50 bits per heavy atom. The van der Waals surface area contributed by atoms with Crippen LogP contribution in [-0.2, 0) is 11.0 Å². The Morgan fingerprint density at radius 2 is 2.12 bits per heavy atom. The minimum Gasteiger partial charge on any atom is -0.310 e. The average Bonchev–Trinajstić information content (AvgIpc) is 2.19. The van der Waals surface area contributed by atoms with Crippen LogP contribution in [0, 0.1) is 0 Å². The highest BCUT2D eigenvalue weighted by Gasteiger charge is 2.34. The fraction of sp³-hybridized carbons (Fsp3) is 0.250. The van der Waals surface area contributed by atoms with E-state index < -0.39 is 23.2 Å². The summed E-state index contributed by atoms with van der Waals surface area (Å²) in [5, 5.41) is 2.09. The first kappa shape index (κ1) is 12.8. The minimum absolute atomic E-state index is 0.243. The molecule has 8 heteroatoms. The molecule has 0 fully saturated rings. The van der Waals surface area contributed by atoms with Crippen LogP contribution >= 0.6 is 11.6 Å². The maximum atomic E-state index is 12.4. The molecule has 0 saturated heterocycles. The second kappa shape index (κ2) is 4.73. The molecule has 3 nitrogen and oxygen atoms in total. The Morgan fingerprint density at radius 3 is 2.62 bits per heavy atom. The molecule has 0 unspecified atom stereocenters. The van der Waals surface area contributed by atoms with Gasteiger partial charge in [-0.05, 0) is 6.07 Å². The van der Waals surface area contributed by atoms with Gasteiger partial charge in [0, 0.05) is 0 Å². The van der Waals surface area contributed by atoms with E-state index in [2.05, 4.69) is 10.3 Å². The quantitative estimate of drug-likeness (QED) is 0.628. The van der Waals surface area contributed by atoms with E-state index >= 15 is 0 Å². The zero-order valence-corrected chi connectivity index (χ0v) is 8.56. The summed E-state index contributed by atoms with van der Waals surface area (Å²) in [7, 11) is 5.12. The van der Waals surface area contributed by atoms with Crippen LogP contribution in [0.2, 0.25) is 0 Å². The van der Waals surface area contributed by atoms with Gasteiger partial charge in [0.1, 0.15) is 25.2 Å². The van der Waals surface area contributed by atoms with E-state index in [-0.39, 0.29) is 11.7 Å². The summed E-state index contributed by atoms with van der Waals surface area (Å²) in [6.45, 7) is 0. The number of alkyl halides is 4. The van der Waals surface area contributed by atoms with Crippen LogP contribution in [0.15, 0.2) is 12.1 Å². The van der Waals surface area contributed by atoms with Crippen molar-refractivity contribution in [3.05, 3.63) is 17.8 Å². The lowest BCUT2D eigenvalue weighted by atomic mass is 9.94. The Kier molecular flexibility index (Phi) is 3.80. The SMILES string of the molecule is [B]c1ccc(NC(=O)CCl)nc1C(F)(F)F. The summed E-state index contributed by atoms with van der Waals surface area (Å²) in [4.78, 5) is 14.0. The third-order valence-electron chi connectivity index (χ3n) is 1.58. The van der Waals surface area contributed by atoms with Crippen LogP contribution in [0.4, 0.5) is 19.0 Å². The number of pyridine rings is 1. The standard InChI is InChI=1S/C8H5BClF3N2O/c9-4-1-2-5(14-6(16)3-10)15-7(4)8(11,12)13/h1-2H,3H2,(H,14,15,16). The third-order valence-corrected chi connectivity index (χ3v) is 1.83. The van der Waals surface area contributed by atoms with Gasteiger partial charge in [-0.15, -0.1) is 11.6 Å². The maximum absolute atomic E-state index is 12.4. The van der Waals surface area contributed by atoms with Gasteiger partial charge < -0.3 is 5.32 Å². The van der Waals surface area contributed by atoms with Crippen LogP contribution < -0.4 is 10.8 Å². The molecule has 0 aliphatic heterocycles. The molecule has 0 atom stereocenters. The van der Waals surface area contributed by atoms with Gasteiger partial charge in [0.15, 0.2) is 0 Å². The Balaban J connectivity index is 3.03. The molecular formula is C8H5BClF3N2O. The minimum atomic E-state index is -4.66. The molecule has 0 spiro atoms. The fourth-order valence-electron chi connectivity index (χ4n) is 0.943. The number of carbonyl (C=O) groups is 1. The van der Waals surface area contributed by atoms with Crippen molar-refractivity contribution in [1.82, 2.24) is 4.98 Å². The molecule has 2 radical (unpaired) electrons. The number of hydrogen-bond acceptors (Lipinski definition) is 2. The maximum Gasteiger partial charge on any atom is 0.432 e. The molecule has 1 aromatic heterocycles. The molecule has 0 aliphatic carbocycles. The second-order valence-electron chi connectivity index (χ2n) is 2.81. The predicted molar refractivity (Wildman–Crippen MR) is 54.0 cm³/mol. The predicted octanol–water partition coefficient (Wildman–Crippen LogP) is 1.07. The van der Waals surface area contributed by atoms with Gasteiger partial charge in [0.05, 0.1) is 0 Å². The zero-order chi connectivity index (χ0) is 12.3. The van der Waals surface area contributed by atoms with Crippen molar-refractivity contribution in [2.45, 2.75) is 6.18 Å². The van der Waals surface area contributed by atoms with Crippen molar-refractivity contribution < 1.29 is 18.0 Å². The van der Waals surface area contributed by atoms with Crippen LogP contribution in [-0.4, -0.2) is 24.6 Å². The van der Waals surface area contributed by atoms with Crippen molar-refractivity contribution in [3.8, 4) is 0 Å². The number of hydrogen-bond donors (Lipinski definition) is 1. The molecule has 0 aliphatic rings. The third kappa shape index (κ3) is 3.13. The first-order chi connectivity index (χ1) is 7.34. The summed E-state index contributed by atoms with van der Waals surface area (Å²) < 4.78 is 37.1. The van der Waals surface area contributed by atoms with Crippen LogP contribution in [0.3, 0.4) is 0 Å². The van der Waals surface area contributed by atoms with E-state index in [1.165, 1.54) is 0 Å².